The van der Waals surface area contributed by atoms with E-state index in [1.807, 2.05) is 31.3 Å². The topological polar surface area (TPSA) is 38.0 Å². The molecule has 2 aliphatic carbocycles. The van der Waals surface area contributed by atoms with Crippen molar-refractivity contribution < 1.29 is 0 Å². The van der Waals surface area contributed by atoms with Gasteiger partial charge in [-0.25, -0.2) is 0 Å². The van der Waals surface area contributed by atoms with Gasteiger partial charge in [0.25, 0.3) is 0 Å². The Morgan fingerprint density at radius 3 is 1.61 bits per heavy atom. The van der Waals surface area contributed by atoms with Gasteiger partial charge >= 0.3 is 0 Å². The molecule has 0 unspecified atom stereocenters. The molecule has 2 nitrogen and oxygen atoms in total. The predicted molar refractivity (Wildman–Crippen MR) is 208 cm³/mol. The van der Waals surface area contributed by atoms with E-state index in [9.17, 15) is 0 Å². The maximum absolute atomic E-state index is 5.57. The fraction of sp³-hybridized carbons (Fsp3) is 0.0638. The Bertz CT molecular complexity index is 2530. The maximum Gasteiger partial charge on any atom is 0.0725 e. The third kappa shape index (κ3) is 4.41. The van der Waals surface area contributed by atoms with Gasteiger partial charge in [-0.3, -0.25) is 0 Å². The predicted octanol–water partition coefficient (Wildman–Crippen LogP) is 11.6. The van der Waals surface area contributed by atoms with Crippen molar-refractivity contribution in [3.63, 3.8) is 0 Å². The Balaban J connectivity index is 0.000000317. The molecule has 1 spiro atoms. The molecule has 0 saturated heterocycles. The molecule has 0 heterocycles. The lowest BCUT2D eigenvalue weighted by Crippen LogP contribution is -2.25. The molecule has 0 aliphatic heterocycles. The number of aryl methyl sites for hydroxylation is 1. The molecule has 8 aromatic carbocycles. The second-order valence-electron chi connectivity index (χ2n) is 13.3. The lowest BCUT2D eigenvalue weighted by Gasteiger charge is -2.30. The van der Waals surface area contributed by atoms with Gasteiger partial charge in [-0.1, -0.05) is 127 Å². The van der Waals surface area contributed by atoms with Crippen LogP contribution in [-0.4, -0.2) is 7.05 Å². The van der Waals surface area contributed by atoms with Crippen LogP contribution in [0.15, 0.2) is 164 Å². The van der Waals surface area contributed by atoms with Gasteiger partial charge in [0.15, 0.2) is 0 Å². The highest BCUT2D eigenvalue weighted by Gasteiger charge is 2.51. The van der Waals surface area contributed by atoms with E-state index >= 15 is 0 Å². The van der Waals surface area contributed by atoms with Gasteiger partial charge in [-0.2, -0.15) is 0 Å². The molecule has 8 aromatic rings. The molecule has 0 atom stereocenters. The maximum atomic E-state index is 5.57. The minimum absolute atomic E-state index is 0.338. The van der Waals surface area contributed by atoms with E-state index in [2.05, 4.69) is 152 Å². The third-order valence-corrected chi connectivity index (χ3v) is 10.5. The summed E-state index contributed by atoms with van der Waals surface area (Å²) in [5, 5.41) is 8.13. The van der Waals surface area contributed by atoms with Gasteiger partial charge in [-0.15, -0.1) is 0 Å². The van der Waals surface area contributed by atoms with Gasteiger partial charge in [0.2, 0.25) is 0 Å². The summed E-state index contributed by atoms with van der Waals surface area (Å²) in [4.78, 5) is 0. The van der Waals surface area contributed by atoms with Gasteiger partial charge < -0.3 is 11.1 Å². The second-order valence-corrected chi connectivity index (χ2v) is 13.3. The first-order chi connectivity index (χ1) is 24.1. The summed E-state index contributed by atoms with van der Waals surface area (Å²) in [6.07, 6.45) is 0. The first-order valence-electron chi connectivity index (χ1n) is 17.0. The molecule has 0 aromatic heterocycles. The number of nitrogens with one attached hydrogen (secondary N) is 1. The molecule has 0 saturated carbocycles. The van der Waals surface area contributed by atoms with Crippen LogP contribution in [0.1, 0.15) is 27.8 Å². The van der Waals surface area contributed by atoms with Crippen molar-refractivity contribution >= 4 is 32.9 Å². The summed E-state index contributed by atoms with van der Waals surface area (Å²) >= 11 is 0. The number of hydrogen-bond donors (Lipinski definition) is 2. The minimum Gasteiger partial charge on any atom is -0.397 e. The Morgan fingerprint density at radius 1 is 0.429 bits per heavy atom. The van der Waals surface area contributed by atoms with Crippen molar-refractivity contribution in [3.8, 4) is 33.4 Å². The Morgan fingerprint density at radius 2 is 0.980 bits per heavy atom. The van der Waals surface area contributed by atoms with Crippen LogP contribution < -0.4 is 11.1 Å². The Hall–Kier alpha value is -6.12. The summed E-state index contributed by atoms with van der Waals surface area (Å²) in [5.41, 5.74) is 21.8. The number of benzene rings is 8. The van der Waals surface area contributed by atoms with Crippen molar-refractivity contribution in [2.75, 3.05) is 18.1 Å². The van der Waals surface area contributed by atoms with E-state index in [1.54, 1.807) is 0 Å². The molecular weight excluding hydrogens is 593 g/mol. The van der Waals surface area contributed by atoms with Crippen molar-refractivity contribution in [3.05, 3.63) is 192 Å². The zero-order valence-electron chi connectivity index (χ0n) is 27.7. The highest BCUT2D eigenvalue weighted by molar-refractivity contribution is 6.03. The first-order valence-corrected chi connectivity index (χ1v) is 17.0. The molecule has 10 rings (SSSR count). The van der Waals surface area contributed by atoms with Crippen LogP contribution in [0.4, 0.5) is 11.4 Å². The molecule has 2 heteroatoms. The van der Waals surface area contributed by atoms with Crippen LogP contribution in [0.25, 0.3) is 54.9 Å². The van der Waals surface area contributed by atoms with Gasteiger partial charge in [-0.05, 0) is 127 Å². The molecule has 0 amide bonds. The fourth-order valence-corrected chi connectivity index (χ4v) is 8.29. The number of anilines is 2. The summed E-state index contributed by atoms with van der Waals surface area (Å²) in [6.45, 7) is 2.16. The van der Waals surface area contributed by atoms with E-state index in [-0.39, 0.29) is 5.41 Å². The number of rotatable bonds is 2. The molecule has 0 radical (unpaired) electrons. The van der Waals surface area contributed by atoms with Crippen LogP contribution >= 0.6 is 0 Å². The standard InChI is InChI=1S/C40H26.C7H10N2/c1-25-9-8-12-26(19-25)29-17-18-30-22-35-34-21-27-10-2-3-11-28(27)23-38(34)40(39(35)24-31(30)20-29)36-15-6-4-13-32(36)33-14-5-7-16-37(33)40;1-9-7-5-3-2-4-6(7)8/h2-24H,1H3;2-5,9H,8H2,1H3. The van der Waals surface area contributed by atoms with Crippen molar-refractivity contribution in [2.45, 2.75) is 12.3 Å². The fourth-order valence-electron chi connectivity index (χ4n) is 8.29. The van der Waals surface area contributed by atoms with Crippen LogP contribution in [0.2, 0.25) is 0 Å². The highest BCUT2D eigenvalue weighted by atomic mass is 14.8. The molecule has 49 heavy (non-hydrogen) atoms. The Labute approximate surface area is 287 Å². The number of hydrogen-bond acceptors (Lipinski definition) is 2. The lowest BCUT2D eigenvalue weighted by atomic mass is 9.70. The third-order valence-electron chi connectivity index (χ3n) is 10.5. The smallest absolute Gasteiger partial charge is 0.0725 e. The van der Waals surface area contributed by atoms with Gasteiger partial charge in [0, 0.05) is 7.05 Å². The summed E-state index contributed by atoms with van der Waals surface area (Å²) < 4.78 is 0. The van der Waals surface area contributed by atoms with Crippen molar-refractivity contribution in [1.29, 1.82) is 0 Å². The number of nitrogens with two attached hydrogens (primary N) is 1. The monoisotopic (exact) mass is 628 g/mol. The summed E-state index contributed by atoms with van der Waals surface area (Å²) in [5.74, 6) is 0. The molecule has 0 fully saturated rings. The quantitative estimate of drug-likeness (QED) is 0.187. The number of fused-ring (bicyclic) bond motifs is 12. The second kappa shape index (κ2) is 11.2. The van der Waals surface area contributed by atoms with Crippen LogP contribution in [0, 0.1) is 6.92 Å². The van der Waals surface area contributed by atoms with E-state index in [0.717, 1.165) is 11.4 Å². The van der Waals surface area contributed by atoms with E-state index in [4.69, 9.17) is 5.73 Å². The van der Waals surface area contributed by atoms with Crippen LogP contribution in [0.5, 0.6) is 0 Å². The van der Waals surface area contributed by atoms with Crippen LogP contribution in [-0.2, 0) is 5.41 Å². The molecular formula is C47H36N2. The SMILES string of the molecule is CNc1ccccc1N.Cc1cccc(-c2ccc3cc4c(cc3c2)C2(c3ccccc3-c3ccccc32)c2cc3ccccc3cc2-4)c1. The number of nitrogen functional groups attached to an aromatic ring is 1. The average molecular weight is 629 g/mol. The Kier molecular flexibility index (Phi) is 6.67. The average Bonchev–Trinajstić information content (AvgIpc) is 3.59. The normalized spacial score (nSPS) is 12.9. The highest BCUT2D eigenvalue weighted by Crippen LogP contribution is 2.63. The summed E-state index contributed by atoms with van der Waals surface area (Å²) in [6, 6.07) is 60.2. The molecule has 3 N–H and O–H groups in total. The van der Waals surface area contributed by atoms with Gasteiger partial charge in [0.1, 0.15) is 0 Å². The minimum atomic E-state index is -0.338. The zero-order chi connectivity index (χ0) is 33.1. The number of para-hydroxylation sites is 2. The zero-order valence-corrected chi connectivity index (χ0v) is 27.7. The first kappa shape index (κ1) is 29.1. The summed E-state index contributed by atoms with van der Waals surface area (Å²) in [7, 11) is 1.85. The van der Waals surface area contributed by atoms with E-state index < -0.39 is 0 Å². The van der Waals surface area contributed by atoms with Crippen molar-refractivity contribution in [2.24, 2.45) is 0 Å². The van der Waals surface area contributed by atoms with E-state index in [1.165, 1.54) is 82.7 Å². The molecule has 234 valence electrons. The van der Waals surface area contributed by atoms with Crippen LogP contribution in [0.3, 0.4) is 0 Å². The van der Waals surface area contributed by atoms with E-state index in [0.29, 0.717) is 0 Å². The molecule has 2 aliphatic rings. The largest absolute Gasteiger partial charge is 0.397 e. The van der Waals surface area contributed by atoms with Crippen molar-refractivity contribution in [1.82, 2.24) is 0 Å². The van der Waals surface area contributed by atoms with Gasteiger partial charge in [0.05, 0.1) is 16.8 Å². The molecule has 0 bridgehead atoms. The lowest BCUT2D eigenvalue weighted by molar-refractivity contribution is 0.796.